The van der Waals surface area contributed by atoms with E-state index in [1.54, 1.807) is 26.8 Å². The average Bonchev–Trinajstić information content (AvgIpc) is 2.91. The predicted octanol–water partition coefficient (Wildman–Crippen LogP) is 1.24. The number of carbonyl (C=O) groups is 4. The average molecular weight is 569 g/mol. The quantitative estimate of drug-likeness (QED) is 0.485. The zero-order valence-electron chi connectivity index (χ0n) is 23.7. The minimum Gasteiger partial charge on any atom is -0.444 e. The van der Waals surface area contributed by atoms with E-state index < -0.39 is 41.5 Å². The molecule has 13 nitrogen and oxygen atoms in total. The van der Waals surface area contributed by atoms with Gasteiger partial charge >= 0.3 is 17.8 Å². The van der Waals surface area contributed by atoms with E-state index in [4.69, 9.17) is 4.74 Å². The highest BCUT2D eigenvalue weighted by Gasteiger charge is 2.40. The number of anilines is 1. The number of fused-ring (bicyclic) bond motifs is 1. The lowest BCUT2D eigenvalue weighted by Crippen LogP contribution is -2.63. The monoisotopic (exact) mass is 568 g/mol. The summed E-state index contributed by atoms with van der Waals surface area (Å²) in [5, 5.41) is 15.0. The molecule has 0 bridgehead atoms. The van der Waals surface area contributed by atoms with Crippen molar-refractivity contribution in [3.63, 3.8) is 0 Å². The highest BCUT2D eigenvalue weighted by Crippen LogP contribution is 2.22. The Morgan fingerprint density at radius 2 is 1.66 bits per heavy atom. The van der Waals surface area contributed by atoms with Gasteiger partial charge in [0.1, 0.15) is 22.7 Å². The van der Waals surface area contributed by atoms with Crippen LogP contribution in [0.5, 0.6) is 0 Å². The Morgan fingerprint density at radius 1 is 0.976 bits per heavy atom. The van der Waals surface area contributed by atoms with Gasteiger partial charge in [-0.05, 0) is 63.4 Å². The summed E-state index contributed by atoms with van der Waals surface area (Å²) < 4.78 is 6.59. The normalized spacial score (nSPS) is 16.9. The molecule has 1 aliphatic carbocycles. The molecule has 13 heteroatoms. The van der Waals surface area contributed by atoms with E-state index >= 15 is 0 Å². The number of nitrogens with zero attached hydrogens (tertiary/aromatic N) is 4. The molecule has 0 saturated carbocycles. The summed E-state index contributed by atoms with van der Waals surface area (Å²) in [4.78, 5) is 69.6. The third kappa shape index (κ3) is 7.09. The second-order valence-corrected chi connectivity index (χ2v) is 11.5. The number of hydrogen-bond acceptors (Lipinski definition) is 8. The van der Waals surface area contributed by atoms with Crippen LogP contribution in [0, 0.1) is 0 Å². The Labute approximate surface area is 237 Å². The molecule has 220 valence electrons. The predicted molar refractivity (Wildman–Crippen MR) is 149 cm³/mol. The van der Waals surface area contributed by atoms with Gasteiger partial charge in [0, 0.05) is 45.2 Å². The maximum atomic E-state index is 13.1. The third-order valence-corrected chi connectivity index (χ3v) is 6.99. The summed E-state index contributed by atoms with van der Waals surface area (Å²) in [5.41, 5.74) is -0.291. The smallest absolute Gasteiger partial charge is 0.408 e. The van der Waals surface area contributed by atoms with E-state index in [0.29, 0.717) is 24.9 Å². The van der Waals surface area contributed by atoms with Crippen molar-refractivity contribution in [1.29, 1.82) is 0 Å². The van der Waals surface area contributed by atoms with E-state index in [1.165, 1.54) is 33.6 Å². The molecular weight excluding hydrogens is 532 g/mol. The van der Waals surface area contributed by atoms with Crippen molar-refractivity contribution in [2.75, 3.05) is 38.1 Å². The number of hydrogen-bond donors (Lipinski definition) is 3. The highest BCUT2D eigenvalue weighted by molar-refractivity contribution is 5.91. The number of piperazine rings is 1. The summed E-state index contributed by atoms with van der Waals surface area (Å²) >= 11 is 0. The van der Waals surface area contributed by atoms with Crippen LogP contribution in [0.3, 0.4) is 0 Å². The number of Topliss-reactive ketones (excluding diaryl/α,β-unsaturated/α-hetero) is 1. The molecule has 1 atom stereocenters. The lowest BCUT2D eigenvalue weighted by Gasteiger charge is -2.39. The molecule has 1 saturated heterocycles. The Kier molecular flexibility index (Phi) is 8.47. The summed E-state index contributed by atoms with van der Waals surface area (Å²) in [6.07, 6.45) is 2.24. The number of amides is 4. The number of rotatable bonds is 5. The van der Waals surface area contributed by atoms with Gasteiger partial charge in [-0.1, -0.05) is 6.07 Å². The van der Waals surface area contributed by atoms with Crippen molar-refractivity contribution in [3.8, 4) is 5.69 Å². The van der Waals surface area contributed by atoms with Crippen molar-refractivity contribution in [2.24, 2.45) is 0 Å². The maximum absolute atomic E-state index is 13.1. The fourth-order valence-corrected chi connectivity index (χ4v) is 4.75. The van der Waals surface area contributed by atoms with Crippen LogP contribution in [0.25, 0.3) is 5.69 Å². The maximum Gasteiger partial charge on any atom is 0.408 e. The lowest BCUT2D eigenvalue weighted by atomic mass is 9.90. The van der Waals surface area contributed by atoms with Crippen molar-refractivity contribution in [2.45, 2.75) is 58.1 Å². The van der Waals surface area contributed by atoms with Gasteiger partial charge in [0.2, 0.25) is 0 Å². The van der Waals surface area contributed by atoms with E-state index in [0.717, 1.165) is 11.1 Å². The van der Waals surface area contributed by atoms with E-state index in [1.807, 2.05) is 12.1 Å². The van der Waals surface area contributed by atoms with Crippen molar-refractivity contribution in [1.82, 2.24) is 24.7 Å². The Balaban J connectivity index is 1.34. The zero-order valence-corrected chi connectivity index (χ0v) is 23.7. The first kappa shape index (κ1) is 29.7. The second-order valence-electron chi connectivity index (χ2n) is 11.5. The molecule has 2 heterocycles. The van der Waals surface area contributed by atoms with Gasteiger partial charge in [-0.25, -0.2) is 14.4 Å². The van der Waals surface area contributed by atoms with Crippen molar-refractivity contribution < 1.29 is 29.0 Å². The van der Waals surface area contributed by atoms with Gasteiger partial charge in [0.05, 0.1) is 12.3 Å². The molecule has 4 amide bonds. The van der Waals surface area contributed by atoms with Gasteiger partial charge in [-0.3, -0.25) is 19.5 Å². The molecule has 1 aromatic heterocycles. The number of nitrogens with one attached hydrogen (secondary N) is 2. The number of aromatic nitrogens is 2. The number of carbonyl (C=O) groups excluding carboxylic acids is 4. The molecule has 4 rings (SSSR count). The van der Waals surface area contributed by atoms with Crippen LogP contribution >= 0.6 is 0 Å². The fourth-order valence-electron chi connectivity index (χ4n) is 4.75. The number of ketones is 1. The summed E-state index contributed by atoms with van der Waals surface area (Å²) in [5.74, 6) is -0.200. The molecule has 1 aromatic carbocycles. The molecule has 41 heavy (non-hydrogen) atoms. The number of alkyl carbamates (subject to hydrolysis) is 1. The number of aryl methyl sites for hydroxylation is 1. The molecular formula is C28H36N6O7. The Hall–Kier alpha value is -4.26. The van der Waals surface area contributed by atoms with Crippen LogP contribution in [0.2, 0.25) is 0 Å². The second kappa shape index (κ2) is 11.7. The van der Waals surface area contributed by atoms with E-state index in [-0.39, 0.29) is 37.8 Å². The molecule has 0 radical (unpaired) electrons. The molecule has 2 aromatic rings. The topological polar surface area (TPSA) is 163 Å². The van der Waals surface area contributed by atoms with Crippen LogP contribution < -0.4 is 16.3 Å². The molecule has 1 fully saturated rings. The molecule has 1 unspecified atom stereocenters. The fraction of sp³-hybridized carbons (Fsp3) is 0.500. The Bertz CT molecular complexity index is 1410. The summed E-state index contributed by atoms with van der Waals surface area (Å²) in [7, 11) is 0. The number of urea groups is 1. The van der Waals surface area contributed by atoms with Gasteiger partial charge in [0.25, 0.3) is 5.91 Å². The molecule has 3 N–H and O–H groups in total. The Morgan fingerprint density at radius 3 is 2.29 bits per heavy atom. The first-order valence-electron chi connectivity index (χ1n) is 13.5. The van der Waals surface area contributed by atoms with Gasteiger partial charge in [-0.2, -0.15) is 4.98 Å². The van der Waals surface area contributed by atoms with Crippen LogP contribution in [-0.4, -0.2) is 92.2 Å². The molecule has 0 spiro atoms. The molecule has 1 aliphatic heterocycles. The number of aliphatic hydroxyl groups is 1. The molecule has 2 aliphatic rings. The van der Waals surface area contributed by atoms with Crippen LogP contribution in [0.1, 0.15) is 45.2 Å². The largest absolute Gasteiger partial charge is 0.444 e. The van der Waals surface area contributed by atoms with Crippen LogP contribution in [0.15, 0.2) is 35.3 Å². The third-order valence-electron chi connectivity index (χ3n) is 6.99. The zero-order chi connectivity index (χ0) is 29.9. The first-order chi connectivity index (χ1) is 19.3. The van der Waals surface area contributed by atoms with E-state index in [2.05, 4.69) is 15.6 Å². The van der Waals surface area contributed by atoms with Gasteiger partial charge < -0.3 is 25.0 Å². The van der Waals surface area contributed by atoms with Gasteiger partial charge in [0.15, 0.2) is 0 Å². The van der Waals surface area contributed by atoms with Gasteiger partial charge in [-0.15, -0.1) is 0 Å². The minimum atomic E-state index is -1.59. The SMILES string of the molecule is CC(C)(C)OC(=O)NC(C)(CO)C(=O)N1CCN(C(=O)Nc2ccn(-c3ccc4c(c3)CCC(=O)C4)c(=O)n2)CC1. The lowest BCUT2D eigenvalue weighted by molar-refractivity contribution is -0.140. The number of benzene rings is 1. The summed E-state index contributed by atoms with van der Waals surface area (Å²) in [6.45, 7) is 6.60. The first-order valence-corrected chi connectivity index (χ1v) is 13.5. The number of aliphatic hydroxyl groups excluding tert-OH is 1. The number of ether oxygens (including phenoxy) is 1. The standard InChI is InChI=1S/C28H36N6O7/c1-27(2,3)41-26(40)31-28(4,17-35)23(37)32-11-13-33(14-12-32)24(38)29-22-9-10-34(25(39)30-22)20-7-5-19-16-21(36)8-6-18(19)15-20/h5,7,9-10,15,35H,6,8,11-14,16-17H2,1-4H3,(H,31,40)(H,29,30,38,39). The summed E-state index contributed by atoms with van der Waals surface area (Å²) in [6, 6.07) is 6.55. The van der Waals surface area contributed by atoms with Crippen molar-refractivity contribution >= 4 is 29.6 Å². The highest BCUT2D eigenvalue weighted by atomic mass is 16.6. The van der Waals surface area contributed by atoms with Crippen LogP contribution in [-0.2, 0) is 27.2 Å². The van der Waals surface area contributed by atoms with Crippen LogP contribution in [0.4, 0.5) is 15.4 Å². The van der Waals surface area contributed by atoms with E-state index in [9.17, 15) is 29.1 Å². The minimum absolute atomic E-state index is 0.0905. The van der Waals surface area contributed by atoms with Crippen molar-refractivity contribution in [3.05, 3.63) is 52.1 Å².